The van der Waals surface area contributed by atoms with Crippen LogP contribution in [-0.2, 0) is 22.8 Å². The highest BCUT2D eigenvalue weighted by Crippen LogP contribution is 2.18. The van der Waals surface area contributed by atoms with E-state index in [0.717, 1.165) is 0 Å². The summed E-state index contributed by atoms with van der Waals surface area (Å²) in [6.45, 7) is 9.43. The molecule has 0 saturated carbocycles. The lowest BCUT2D eigenvalue weighted by Crippen LogP contribution is -2.46. The third-order valence-electron chi connectivity index (χ3n) is 2.03. The molecule has 0 saturated heterocycles. The van der Waals surface area contributed by atoms with Crippen molar-refractivity contribution in [2.45, 2.75) is 40.2 Å². The van der Waals surface area contributed by atoms with Gasteiger partial charge < -0.3 is 18.0 Å². The molecule has 0 aromatic heterocycles. The summed E-state index contributed by atoms with van der Waals surface area (Å²) < 4.78 is 21.8. The van der Waals surface area contributed by atoms with Crippen molar-refractivity contribution in [3.63, 3.8) is 0 Å². The number of hydrogen-bond acceptors (Lipinski definition) is 5. The molecule has 0 aromatic rings. The first-order chi connectivity index (χ1) is 8.14. The van der Waals surface area contributed by atoms with Crippen LogP contribution < -0.4 is 0 Å². The molecule has 0 amide bonds. The van der Waals surface area contributed by atoms with E-state index in [1.165, 1.54) is 0 Å². The van der Waals surface area contributed by atoms with E-state index in [9.17, 15) is 4.79 Å². The van der Waals surface area contributed by atoms with Crippen LogP contribution in [0.5, 0.6) is 0 Å². The van der Waals surface area contributed by atoms with Crippen LogP contribution in [0.3, 0.4) is 0 Å². The van der Waals surface area contributed by atoms with Gasteiger partial charge in [-0.15, -0.1) is 0 Å². The smallest absolute Gasteiger partial charge is 0.466 e. The quantitative estimate of drug-likeness (QED) is 0.446. The molecule has 0 aliphatic heterocycles. The van der Waals surface area contributed by atoms with Crippen molar-refractivity contribution in [3.8, 4) is 0 Å². The molecule has 0 radical (unpaired) electrons. The molecule has 5 nitrogen and oxygen atoms in total. The average Bonchev–Trinajstić information content (AvgIpc) is 2.28. The van der Waals surface area contributed by atoms with Crippen LogP contribution in [0.4, 0.5) is 0 Å². The Bertz CT molecular complexity index is 193. The molecule has 0 heterocycles. The van der Waals surface area contributed by atoms with Gasteiger partial charge >= 0.3 is 14.8 Å². The number of hydrogen-bond donors (Lipinski definition) is 0. The van der Waals surface area contributed by atoms with Gasteiger partial charge in [-0.25, -0.2) is 0 Å². The Morgan fingerprint density at radius 2 is 1.35 bits per heavy atom. The molecule has 0 aliphatic carbocycles. The number of esters is 1. The summed E-state index contributed by atoms with van der Waals surface area (Å²) in [5.74, 6) is -0.233. The zero-order valence-corrected chi connectivity index (χ0v) is 12.3. The van der Waals surface area contributed by atoms with Gasteiger partial charge in [0.25, 0.3) is 0 Å². The van der Waals surface area contributed by atoms with Crippen LogP contribution >= 0.6 is 0 Å². The van der Waals surface area contributed by atoms with Crippen molar-refractivity contribution >= 4 is 14.8 Å². The highest BCUT2D eigenvalue weighted by atomic mass is 28.4. The molecule has 17 heavy (non-hydrogen) atoms. The number of carbonyl (C=O) groups is 1. The molecule has 0 spiro atoms. The summed E-state index contributed by atoms with van der Waals surface area (Å²) in [6, 6.07) is 0.474. The first-order valence-corrected chi connectivity index (χ1v) is 8.14. The minimum absolute atomic E-state index is 0.233. The third kappa shape index (κ3) is 6.77. The van der Waals surface area contributed by atoms with E-state index < -0.39 is 8.80 Å². The Balaban J connectivity index is 4.37. The summed E-state index contributed by atoms with van der Waals surface area (Å²) in [6.07, 6.45) is 0.278. The van der Waals surface area contributed by atoms with Crippen molar-refractivity contribution in [1.82, 2.24) is 0 Å². The van der Waals surface area contributed by atoms with Gasteiger partial charge in [-0.1, -0.05) is 0 Å². The molecule has 0 bridgehead atoms. The van der Waals surface area contributed by atoms with Crippen molar-refractivity contribution in [2.24, 2.45) is 0 Å². The summed E-state index contributed by atoms with van der Waals surface area (Å²) in [7, 11) is -2.69. The Hall–Kier alpha value is -0.433. The average molecular weight is 264 g/mol. The van der Waals surface area contributed by atoms with Gasteiger partial charge in [-0.2, -0.15) is 0 Å². The fourth-order valence-electron chi connectivity index (χ4n) is 1.49. The lowest BCUT2D eigenvalue weighted by molar-refractivity contribution is -0.143. The maximum absolute atomic E-state index is 11.3. The number of rotatable bonds is 10. The predicted molar refractivity (Wildman–Crippen MR) is 66.7 cm³/mol. The second kappa shape index (κ2) is 9.58. The predicted octanol–water partition coefficient (Wildman–Crippen LogP) is 1.99. The van der Waals surface area contributed by atoms with E-state index >= 15 is 0 Å². The van der Waals surface area contributed by atoms with Gasteiger partial charge in [-0.3, -0.25) is 4.79 Å². The van der Waals surface area contributed by atoms with E-state index in [0.29, 0.717) is 32.5 Å². The molecule has 0 fully saturated rings. The van der Waals surface area contributed by atoms with Crippen LogP contribution in [-0.4, -0.2) is 41.2 Å². The molecule has 0 rings (SSSR count). The van der Waals surface area contributed by atoms with Crippen LogP contribution in [0.15, 0.2) is 0 Å². The van der Waals surface area contributed by atoms with Crippen molar-refractivity contribution in [2.75, 3.05) is 26.4 Å². The Morgan fingerprint density at radius 1 is 0.882 bits per heavy atom. The lowest BCUT2D eigenvalue weighted by atomic mass is 10.5. The summed E-state index contributed by atoms with van der Waals surface area (Å²) in [4.78, 5) is 11.3. The standard InChI is InChI=1S/C11H24O5Si/c1-5-13-11(12)9-10-17(14-6-2,15-7-3)16-8-4/h5-10H2,1-4H3. The maximum Gasteiger partial charge on any atom is 0.501 e. The molecular weight excluding hydrogens is 240 g/mol. The van der Waals surface area contributed by atoms with Crippen LogP contribution in [0.1, 0.15) is 34.1 Å². The van der Waals surface area contributed by atoms with Gasteiger partial charge in [0.2, 0.25) is 0 Å². The van der Waals surface area contributed by atoms with Gasteiger partial charge in [-0.05, 0) is 27.7 Å². The van der Waals surface area contributed by atoms with E-state index in [1.807, 2.05) is 20.8 Å². The van der Waals surface area contributed by atoms with Gasteiger partial charge in [0.05, 0.1) is 6.61 Å². The SMILES string of the molecule is CCOC(=O)CC[Si](OCC)(OCC)OCC. The minimum atomic E-state index is -2.69. The van der Waals surface area contributed by atoms with E-state index in [4.69, 9.17) is 18.0 Å². The Labute approximate surface area is 105 Å². The molecule has 0 N–H and O–H groups in total. The Morgan fingerprint density at radius 3 is 1.71 bits per heavy atom. The summed E-state index contributed by atoms with van der Waals surface area (Å²) >= 11 is 0. The summed E-state index contributed by atoms with van der Waals surface area (Å²) in [5.41, 5.74) is 0. The molecule has 102 valence electrons. The first-order valence-electron chi connectivity index (χ1n) is 6.21. The topological polar surface area (TPSA) is 54.0 Å². The molecule has 0 unspecified atom stereocenters. The number of carbonyl (C=O) groups excluding carboxylic acids is 1. The highest BCUT2D eigenvalue weighted by molar-refractivity contribution is 6.60. The zero-order chi connectivity index (χ0) is 13.1. The monoisotopic (exact) mass is 264 g/mol. The number of ether oxygens (including phenoxy) is 1. The molecular formula is C11H24O5Si. The largest absolute Gasteiger partial charge is 0.501 e. The van der Waals surface area contributed by atoms with E-state index in [-0.39, 0.29) is 12.4 Å². The van der Waals surface area contributed by atoms with Crippen LogP contribution in [0, 0.1) is 0 Å². The van der Waals surface area contributed by atoms with Crippen LogP contribution in [0.2, 0.25) is 6.04 Å². The maximum atomic E-state index is 11.3. The van der Waals surface area contributed by atoms with Crippen LogP contribution in [0.25, 0.3) is 0 Å². The fraction of sp³-hybridized carbons (Fsp3) is 0.909. The fourth-order valence-corrected chi connectivity index (χ4v) is 4.00. The van der Waals surface area contributed by atoms with E-state index in [2.05, 4.69) is 0 Å². The zero-order valence-electron chi connectivity index (χ0n) is 11.3. The van der Waals surface area contributed by atoms with Crippen molar-refractivity contribution in [1.29, 1.82) is 0 Å². The Kier molecular flexibility index (Phi) is 9.34. The normalized spacial score (nSPS) is 11.5. The molecule has 6 heteroatoms. The second-order valence-corrected chi connectivity index (χ2v) is 6.02. The minimum Gasteiger partial charge on any atom is -0.466 e. The molecule has 0 atom stereocenters. The highest BCUT2D eigenvalue weighted by Gasteiger charge is 2.40. The third-order valence-corrected chi connectivity index (χ3v) is 5.08. The molecule has 0 aliphatic rings. The molecule has 0 aromatic carbocycles. The van der Waals surface area contributed by atoms with Gasteiger partial charge in [0, 0.05) is 32.3 Å². The second-order valence-electron chi connectivity index (χ2n) is 3.29. The van der Waals surface area contributed by atoms with Gasteiger partial charge in [0.1, 0.15) is 0 Å². The summed E-state index contributed by atoms with van der Waals surface area (Å²) in [5, 5.41) is 0. The van der Waals surface area contributed by atoms with Crippen molar-refractivity contribution < 1.29 is 22.8 Å². The van der Waals surface area contributed by atoms with E-state index in [1.54, 1.807) is 6.92 Å². The van der Waals surface area contributed by atoms with Crippen molar-refractivity contribution in [3.05, 3.63) is 0 Å². The lowest BCUT2D eigenvalue weighted by Gasteiger charge is -2.28. The van der Waals surface area contributed by atoms with Gasteiger partial charge in [0.15, 0.2) is 0 Å². The first kappa shape index (κ1) is 16.6.